The lowest BCUT2D eigenvalue weighted by molar-refractivity contribution is -0.146. The van der Waals surface area contributed by atoms with Gasteiger partial charge in [0, 0.05) is 18.6 Å². The second-order valence-electron chi connectivity index (χ2n) is 5.51. The highest BCUT2D eigenvalue weighted by Crippen LogP contribution is 2.24. The number of hydrogen-bond donors (Lipinski definition) is 2. The van der Waals surface area contributed by atoms with Crippen molar-refractivity contribution in [2.75, 3.05) is 19.8 Å². The van der Waals surface area contributed by atoms with Crippen LogP contribution in [0.5, 0.6) is 0 Å². The molecule has 0 aliphatic carbocycles. The third-order valence-electron chi connectivity index (χ3n) is 3.04. The van der Waals surface area contributed by atoms with Crippen LogP contribution in [0, 0.1) is 5.92 Å². The van der Waals surface area contributed by atoms with Gasteiger partial charge in [0.25, 0.3) is 0 Å². The summed E-state index contributed by atoms with van der Waals surface area (Å²) in [5.74, 6) is -0.408. The van der Waals surface area contributed by atoms with E-state index >= 15 is 0 Å². The monoisotopic (exact) mass is 331 g/mol. The SMILES string of the molecule is CC(C[C@H]1C[C@@H](COCCOC(C)C)OC1=O)=NNC(N)=S. The second-order valence-corrected chi connectivity index (χ2v) is 5.95. The second kappa shape index (κ2) is 9.70. The molecule has 126 valence electrons. The zero-order valence-corrected chi connectivity index (χ0v) is 14.1. The highest BCUT2D eigenvalue weighted by Gasteiger charge is 2.34. The number of nitrogens with two attached hydrogens (primary N) is 1. The summed E-state index contributed by atoms with van der Waals surface area (Å²) < 4.78 is 16.1. The molecule has 1 saturated heterocycles. The first-order chi connectivity index (χ1) is 10.4. The number of esters is 1. The molecule has 0 aromatic heterocycles. The maximum Gasteiger partial charge on any atom is 0.309 e. The molecule has 1 heterocycles. The number of nitrogens with one attached hydrogen (secondary N) is 1. The van der Waals surface area contributed by atoms with E-state index in [1.165, 1.54) is 0 Å². The van der Waals surface area contributed by atoms with Gasteiger partial charge >= 0.3 is 5.97 Å². The van der Waals surface area contributed by atoms with E-state index in [4.69, 9.17) is 19.9 Å². The molecule has 1 fully saturated rings. The van der Waals surface area contributed by atoms with Gasteiger partial charge in [0.1, 0.15) is 6.10 Å². The van der Waals surface area contributed by atoms with Gasteiger partial charge in [-0.05, 0) is 33.0 Å². The van der Waals surface area contributed by atoms with Crippen molar-refractivity contribution in [1.29, 1.82) is 0 Å². The van der Waals surface area contributed by atoms with Crippen LogP contribution in [0.4, 0.5) is 0 Å². The minimum Gasteiger partial charge on any atom is -0.460 e. The van der Waals surface area contributed by atoms with E-state index in [9.17, 15) is 4.79 Å². The highest BCUT2D eigenvalue weighted by atomic mass is 32.1. The fourth-order valence-electron chi connectivity index (χ4n) is 2.10. The molecule has 0 amide bonds. The molecule has 1 aliphatic heterocycles. The molecule has 7 nitrogen and oxygen atoms in total. The van der Waals surface area contributed by atoms with E-state index in [0.29, 0.717) is 32.7 Å². The molecule has 3 N–H and O–H groups in total. The molecule has 0 aromatic rings. The molecule has 22 heavy (non-hydrogen) atoms. The van der Waals surface area contributed by atoms with Gasteiger partial charge in [-0.1, -0.05) is 0 Å². The van der Waals surface area contributed by atoms with E-state index in [0.717, 1.165) is 5.71 Å². The number of hydrogen-bond acceptors (Lipinski definition) is 6. The minimum atomic E-state index is -0.211. The summed E-state index contributed by atoms with van der Waals surface area (Å²) in [7, 11) is 0. The molecule has 0 spiro atoms. The average molecular weight is 331 g/mol. The van der Waals surface area contributed by atoms with Crippen LogP contribution < -0.4 is 11.2 Å². The lowest BCUT2D eigenvalue weighted by Crippen LogP contribution is -2.25. The molecule has 8 heteroatoms. The number of thiocarbonyl (C=S) groups is 1. The highest BCUT2D eigenvalue weighted by molar-refractivity contribution is 7.80. The largest absolute Gasteiger partial charge is 0.460 e. The lowest BCUT2D eigenvalue weighted by Gasteiger charge is -2.11. The van der Waals surface area contributed by atoms with Crippen molar-refractivity contribution in [3.63, 3.8) is 0 Å². The van der Waals surface area contributed by atoms with Crippen LogP contribution >= 0.6 is 12.2 Å². The van der Waals surface area contributed by atoms with Gasteiger partial charge in [0.15, 0.2) is 5.11 Å². The Hall–Kier alpha value is -1.25. The molecule has 1 aliphatic rings. The van der Waals surface area contributed by atoms with Gasteiger partial charge in [-0.25, -0.2) is 0 Å². The minimum absolute atomic E-state index is 0.100. The first-order valence-corrected chi connectivity index (χ1v) is 7.77. The summed E-state index contributed by atoms with van der Waals surface area (Å²) in [6, 6.07) is 0. The van der Waals surface area contributed by atoms with Crippen molar-refractivity contribution in [2.24, 2.45) is 16.8 Å². The number of ether oxygens (including phenoxy) is 3. The van der Waals surface area contributed by atoms with Gasteiger partial charge in [-0.15, -0.1) is 0 Å². The molecule has 0 unspecified atom stereocenters. The Morgan fingerprint density at radius 3 is 2.91 bits per heavy atom. The smallest absolute Gasteiger partial charge is 0.309 e. The Kier molecular flexibility index (Phi) is 8.29. The standard InChI is InChI=1S/C14H25N3O4S/c1-9(2)20-5-4-19-8-12-7-11(13(18)21-12)6-10(3)16-17-14(15)22/h9,11-12H,4-8H2,1-3H3,(H3,15,17,22)/t11-,12-/m0/s1. The van der Waals surface area contributed by atoms with Crippen LogP contribution in [0.15, 0.2) is 5.10 Å². The topological polar surface area (TPSA) is 95.2 Å². The molecule has 2 atom stereocenters. The van der Waals surface area contributed by atoms with Gasteiger partial charge in [-0.3, -0.25) is 10.2 Å². The van der Waals surface area contributed by atoms with Gasteiger partial charge in [-0.2, -0.15) is 5.10 Å². The van der Waals surface area contributed by atoms with Crippen LogP contribution in [0.25, 0.3) is 0 Å². The quantitative estimate of drug-likeness (QED) is 0.214. The number of cyclic esters (lactones) is 1. The predicted molar refractivity (Wildman–Crippen MR) is 87.5 cm³/mol. The molecule has 0 radical (unpaired) electrons. The van der Waals surface area contributed by atoms with Gasteiger partial charge < -0.3 is 19.9 Å². The fourth-order valence-corrected chi connectivity index (χ4v) is 2.15. The summed E-state index contributed by atoms with van der Waals surface area (Å²) in [5, 5.41) is 4.09. The molecular formula is C14H25N3O4S. The maximum absolute atomic E-state index is 11.8. The lowest BCUT2D eigenvalue weighted by atomic mass is 9.99. The molecular weight excluding hydrogens is 306 g/mol. The van der Waals surface area contributed by atoms with Crippen molar-refractivity contribution in [2.45, 2.75) is 45.8 Å². The Balaban J connectivity index is 2.25. The average Bonchev–Trinajstić information content (AvgIpc) is 2.76. The summed E-state index contributed by atoms with van der Waals surface area (Å²) in [4.78, 5) is 11.8. The Bertz CT molecular complexity index is 415. The Labute approximate surface area is 136 Å². The summed E-state index contributed by atoms with van der Waals surface area (Å²) in [5.41, 5.74) is 8.55. The third kappa shape index (κ3) is 7.67. The Morgan fingerprint density at radius 1 is 1.55 bits per heavy atom. The van der Waals surface area contributed by atoms with E-state index in [2.05, 4.69) is 22.7 Å². The van der Waals surface area contributed by atoms with Crippen LogP contribution in [0.2, 0.25) is 0 Å². The van der Waals surface area contributed by atoms with Crippen LogP contribution in [-0.4, -0.2) is 48.8 Å². The predicted octanol–water partition coefficient (Wildman–Crippen LogP) is 0.959. The van der Waals surface area contributed by atoms with Crippen molar-refractivity contribution in [3.05, 3.63) is 0 Å². The summed E-state index contributed by atoms with van der Waals surface area (Å²) >= 11 is 4.66. The summed E-state index contributed by atoms with van der Waals surface area (Å²) in [6.45, 7) is 7.18. The van der Waals surface area contributed by atoms with Crippen molar-refractivity contribution < 1.29 is 19.0 Å². The fraction of sp³-hybridized carbons (Fsp3) is 0.786. The molecule has 0 saturated carbocycles. The van der Waals surface area contributed by atoms with Crippen LogP contribution in [0.1, 0.15) is 33.6 Å². The van der Waals surface area contributed by atoms with E-state index < -0.39 is 0 Å². The molecule has 0 aromatic carbocycles. The maximum atomic E-state index is 11.8. The third-order valence-corrected chi connectivity index (χ3v) is 3.14. The first kappa shape index (κ1) is 18.8. The van der Waals surface area contributed by atoms with Gasteiger partial charge in [0.2, 0.25) is 0 Å². The summed E-state index contributed by atoms with van der Waals surface area (Å²) in [6.07, 6.45) is 1.13. The Morgan fingerprint density at radius 2 is 2.27 bits per heavy atom. The molecule has 1 rings (SSSR count). The number of hydrazone groups is 1. The van der Waals surface area contributed by atoms with Crippen molar-refractivity contribution >= 4 is 29.0 Å². The van der Waals surface area contributed by atoms with Crippen molar-refractivity contribution in [3.8, 4) is 0 Å². The zero-order chi connectivity index (χ0) is 16.5. The van der Waals surface area contributed by atoms with Crippen LogP contribution in [0.3, 0.4) is 0 Å². The number of rotatable bonds is 9. The van der Waals surface area contributed by atoms with Crippen LogP contribution in [-0.2, 0) is 19.0 Å². The first-order valence-electron chi connectivity index (χ1n) is 7.37. The molecule has 0 bridgehead atoms. The van der Waals surface area contributed by atoms with E-state index in [1.807, 2.05) is 20.8 Å². The van der Waals surface area contributed by atoms with Crippen molar-refractivity contribution in [1.82, 2.24) is 5.43 Å². The van der Waals surface area contributed by atoms with E-state index in [-0.39, 0.29) is 29.2 Å². The number of nitrogens with zero attached hydrogens (tertiary/aromatic N) is 1. The number of carbonyl (C=O) groups is 1. The number of carbonyl (C=O) groups excluding carboxylic acids is 1. The normalized spacial score (nSPS) is 22.0. The van der Waals surface area contributed by atoms with Gasteiger partial charge in [0.05, 0.1) is 31.8 Å². The zero-order valence-electron chi connectivity index (χ0n) is 13.3. The van der Waals surface area contributed by atoms with E-state index in [1.54, 1.807) is 0 Å².